The molecule has 0 radical (unpaired) electrons. The van der Waals surface area contributed by atoms with Crippen LogP contribution in [-0.2, 0) is 19.4 Å². The Hall–Kier alpha value is -1.11. The zero-order valence-electron chi connectivity index (χ0n) is 13.4. The van der Waals surface area contributed by atoms with Gasteiger partial charge in [-0.25, -0.2) is 8.42 Å². The van der Waals surface area contributed by atoms with Crippen molar-refractivity contribution in [2.24, 2.45) is 5.92 Å². The highest BCUT2D eigenvalue weighted by molar-refractivity contribution is 7.92. The minimum atomic E-state index is -3.19. The number of nitrogens with zero attached hydrogens (tertiary/aromatic N) is 1. The molecule has 126 valence electrons. The number of carbonyl (C=O) groups is 2. The van der Waals surface area contributed by atoms with Crippen molar-refractivity contribution >= 4 is 21.7 Å². The molecule has 2 aliphatic rings. The summed E-state index contributed by atoms with van der Waals surface area (Å²) in [6.45, 7) is 4.68. The number of sulfone groups is 1. The lowest BCUT2D eigenvalue weighted by Crippen LogP contribution is -2.59. The van der Waals surface area contributed by atoms with Crippen molar-refractivity contribution in [3.63, 3.8) is 0 Å². The van der Waals surface area contributed by atoms with Gasteiger partial charge < -0.3 is 10.2 Å². The molecule has 1 aliphatic carbocycles. The number of amides is 2. The van der Waals surface area contributed by atoms with E-state index in [0.717, 1.165) is 25.7 Å². The predicted molar refractivity (Wildman–Crippen MR) is 84.0 cm³/mol. The highest BCUT2D eigenvalue weighted by atomic mass is 32.2. The largest absolute Gasteiger partial charge is 0.353 e. The van der Waals surface area contributed by atoms with Gasteiger partial charge in [0.15, 0.2) is 9.84 Å². The molecule has 0 unspecified atom stereocenters. The molecule has 0 aromatic rings. The molecule has 1 saturated heterocycles. The summed E-state index contributed by atoms with van der Waals surface area (Å²) in [4.78, 5) is 25.9. The van der Waals surface area contributed by atoms with E-state index in [1.165, 1.54) is 0 Å². The standard InChI is InChI=1S/C15H26N2O4S/c1-11(2)14-15(19)16-8-9-17(14)13(18)7-10-22(20,21)12-5-3-4-6-12/h11-12,14H,3-10H2,1-2H3,(H,16,19)/t14-/m0/s1. The summed E-state index contributed by atoms with van der Waals surface area (Å²) >= 11 is 0. The Morgan fingerprint density at radius 1 is 1.32 bits per heavy atom. The fraction of sp³-hybridized carbons (Fsp3) is 0.867. The minimum Gasteiger partial charge on any atom is -0.353 e. The van der Waals surface area contributed by atoms with Gasteiger partial charge in [0.1, 0.15) is 6.04 Å². The third-order valence-electron chi connectivity index (χ3n) is 4.62. The summed E-state index contributed by atoms with van der Waals surface area (Å²) in [6.07, 6.45) is 3.34. The maximum absolute atomic E-state index is 12.4. The van der Waals surface area contributed by atoms with E-state index in [1.54, 1.807) is 4.90 Å². The Labute approximate surface area is 132 Å². The van der Waals surface area contributed by atoms with E-state index in [0.29, 0.717) is 13.1 Å². The zero-order valence-corrected chi connectivity index (χ0v) is 14.2. The maximum atomic E-state index is 12.4. The van der Waals surface area contributed by atoms with E-state index in [2.05, 4.69) is 5.32 Å². The predicted octanol–water partition coefficient (Wildman–Crippen LogP) is 0.717. The summed E-state index contributed by atoms with van der Waals surface area (Å²) in [5.74, 6) is -0.460. The Bertz CT molecular complexity index is 524. The fourth-order valence-electron chi connectivity index (χ4n) is 3.41. The second-order valence-electron chi connectivity index (χ2n) is 6.59. The SMILES string of the molecule is CC(C)[C@H]1C(=O)NCCN1C(=O)CCS(=O)(=O)C1CCCC1. The lowest BCUT2D eigenvalue weighted by molar-refractivity contribution is -0.144. The first kappa shape index (κ1) is 17.2. The van der Waals surface area contributed by atoms with Gasteiger partial charge in [0, 0.05) is 19.5 Å². The van der Waals surface area contributed by atoms with Crippen LogP contribution in [0.4, 0.5) is 0 Å². The van der Waals surface area contributed by atoms with Crippen LogP contribution in [0.25, 0.3) is 0 Å². The van der Waals surface area contributed by atoms with Crippen molar-refractivity contribution in [2.75, 3.05) is 18.8 Å². The van der Waals surface area contributed by atoms with Crippen LogP contribution in [0.2, 0.25) is 0 Å². The molecule has 1 atom stereocenters. The average molecular weight is 330 g/mol. The first-order valence-electron chi connectivity index (χ1n) is 8.11. The van der Waals surface area contributed by atoms with Crippen LogP contribution in [0.1, 0.15) is 46.0 Å². The fourth-order valence-corrected chi connectivity index (χ4v) is 5.26. The van der Waals surface area contributed by atoms with Crippen LogP contribution in [0.5, 0.6) is 0 Å². The van der Waals surface area contributed by atoms with E-state index in [9.17, 15) is 18.0 Å². The van der Waals surface area contributed by atoms with Crippen molar-refractivity contribution in [3.8, 4) is 0 Å². The molecule has 1 aliphatic heterocycles. The summed E-state index contributed by atoms with van der Waals surface area (Å²) in [7, 11) is -3.19. The number of hydrogen-bond donors (Lipinski definition) is 1. The van der Waals surface area contributed by atoms with Crippen molar-refractivity contribution in [2.45, 2.75) is 57.2 Å². The number of nitrogens with one attached hydrogen (secondary N) is 1. The quantitative estimate of drug-likeness (QED) is 0.805. The van der Waals surface area contributed by atoms with Gasteiger partial charge in [-0.15, -0.1) is 0 Å². The summed E-state index contributed by atoms with van der Waals surface area (Å²) < 4.78 is 24.5. The number of hydrogen-bond acceptors (Lipinski definition) is 4. The van der Waals surface area contributed by atoms with Gasteiger partial charge in [-0.1, -0.05) is 26.7 Å². The molecule has 6 nitrogen and oxygen atoms in total. The molecule has 2 fully saturated rings. The number of piperazine rings is 1. The van der Waals surface area contributed by atoms with Crippen molar-refractivity contribution in [1.29, 1.82) is 0 Å². The summed E-state index contributed by atoms with van der Waals surface area (Å²) in [5.41, 5.74) is 0. The molecule has 1 saturated carbocycles. The van der Waals surface area contributed by atoms with Crippen LogP contribution < -0.4 is 5.32 Å². The molecular weight excluding hydrogens is 304 g/mol. The normalized spacial score (nSPS) is 23.9. The third kappa shape index (κ3) is 3.80. The van der Waals surface area contributed by atoms with Crippen molar-refractivity contribution < 1.29 is 18.0 Å². The van der Waals surface area contributed by atoms with E-state index < -0.39 is 15.9 Å². The smallest absolute Gasteiger partial charge is 0.243 e. The lowest BCUT2D eigenvalue weighted by atomic mass is 9.99. The van der Waals surface area contributed by atoms with E-state index in [4.69, 9.17) is 0 Å². The first-order chi connectivity index (χ1) is 10.3. The second-order valence-corrected chi connectivity index (χ2v) is 8.99. The van der Waals surface area contributed by atoms with E-state index in [-0.39, 0.29) is 35.2 Å². The molecule has 0 aromatic heterocycles. The van der Waals surface area contributed by atoms with Crippen LogP contribution in [0.3, 0.4) is 0 Å². The van der Waals surface area contributed by atoms with Gasteiger partial charge in [0.25, 0.3) is 0 Å². The summed E-state index contributed by atoms with van der Waals surface area (Å²) in [5, 5.41) is 2.49. The van der Waals surface area contributed by atoms with Gasteiger partial charge in [0.2, 0.25) is 11.8 Å². The highest BCUT2D eigenvalue weighted by Gasteiger charge is 2.36. The van der Waals surface area contributed by atoms with Gasteiger partial charge >= 0.3 is 0 Å². The van der Waals surface area contributed by atoms with Crippen molar-refractivity contribution in [1.82, 2.24) is 10.2 Å². The molecule has 2 amide bonds. The van der Waals surface area contributed by atoms with Gasteiger partial charge in [-0.3, -0.25) is 9.59 Å². The van der Waals surface area contributed by atoms with Gasteiger partial charge in [0.05, 0.1) is 11.0 Å². The van der Waals surface area contributed by atoms with E-state index >= 15 is 0 Å². The molecule has 2 rings (SSSR count). The van der Waals surface area contributed by atoms with Crippen molar-refractivity contribution in [3.05, 3.63) is 0 Å². The molecule has 0 bridgehead atoms. The topological polar surface area (TPSA) is 83.6 Å². The van der Waals surface area contributed by atoms with E-state index in [1.807, 2.05) is 13.8 Å². The van der Waals surface area contributed by atoms with Crippen LogP contribution in [-0.4, -0.2) is 55.3 Å². The third-order valence-corrected chi connectivity index (χ3v) is 6.88. The molecule has 1 N–H and O–H groups in total. The average Bonchev–Trinajstić information content (AvgIpc) is 2.99. The number of rotatable bonds is 5. The van der Waals surface area contributed by atoms with Gasteiger partial charge in [-0.05, 0) is 18.8 Å². The Morgan fingerprint density at radius 2 is 1.95 bits per heavy atom. The second kappa shape index (κ2) is 6.98. The number of carbonyl (C=O) groups excluding carboxylic acids is 2. The molecule has 0 aromatic carbocycles. The monoisotopic (exact) mass is 330 g/mol. The Balaban J connectivity index is 1.97. The van der Waals surface area contributed by atoms with Crippen LogP contribution in [0, 0.1) is 5.92 Å². The molecule has 0 spiro atoms. The maximum Gasteiger partial charge on any atom is 0.243 e. The van der Waals surface area contributed by atoms with Gasteiger partial charge in [-0.2, -0.15) is 0 Å². The Morgan fingerprint density at radius 3 is 2.55 bits per heavy atom. The minimum absolute atomic E-state index is 0.00990. The molecular formula is C15H26N2O4S. The summed E-state index contributed by atoms with van der Waals surface area (Å²) in [6, 6.07) is -0.490. The lowest BCUT2D eigenvalue weighted by Gasteiger charge is -2.37. The first-order valence-corrected chi connectivity index (χ1v) is 9.83. The molecule has 1 heterocycles. The van der Waals surface area contributed by atoms with Crippen LogP contribution >= 0.6 is 0 Å². The Kier molecular flexibility index (Phi) is 5.47. The molecule has 7 heteroatoms. The zero-order chi connectivity index (χ0) is 16.3. The van der Waals surface area contributed by atoms with Crippen LogP contribution in [0.15, 0.2) is 0 Å². The highest BCUT2D eigenvalue weighted by Crippen LogP contribution is 2.26. The molecule has 22 heavy (non-hydrogen) atoms.